The fourth-order valence-corrected chi connectivity index (χ4v) is 2.93. The number of nitrogens with zero attached hydrogens (tertiary/aromatic N) is 1. The van der Waals surface area contributed by atoms with Crippen LogP contribution >= 0.6 is 0 Å². The van der Waals surface area contributed by atoms with Gasteiger partial charge in [0.15, 0.2) is 5.76 Å². The minimum Gasteiger partial charge on any atom is -0.456 e. The Bertz CT molecular complexity index is 1100. The minimum atomic E-state index is -0.309. The van der Waals surface area contributed by atoms with Crippen LogP contribution in [-0.2, 0) is 5.41 Å². The zero-order chi connectivity index (χ0) is 22.6. The van der Waals surface area contributed by atoms with E-state index in [1.54, 1.807) is 43.3 Å². The van der Waals surface area contributed by atoms with Crippen LogP contribution in [0.15, 0.2) is 70.2 Å². The number of anilines is 1. The van der Waals surface area contributed by atoms with E-state index in [9.17, 15) is 9.59 Å². The number of rotatable bonds is 5. The number of carbonyl (C=O) groups excluding carboxylic acids is 2. The maximum absolute atomic E-state index is 12.4. The number of hydrogen-bond donors (Lipinski definition) is 2. The van der Waals surface area contributed by atoms with Crippen LogP contribution in [0.3, 0.4) is 0 Å². The third-order valence-corrected chi connectivity index (χ3v) is 4.86. The fourth-order valence-electron chi connectivity index (χ4n) is 2.93. The minimum absolute atomic E-state index is 0.0340. The summed E-state index contributed by atoms with van der Waals surface area (Å²) in [5.74, 6) is 0.366. The number of aryl methyl sites for hydroxylation is 1. The van der Waals surface area contributed by atoms with Crippen LogP contribution in [0.4, 0.5) is 5.69 Å². The first kappa shape index (κ1) is 22.0. The molecule has 2 aromatic carbocycles. The molecule has 0 unspecified atom stereocenters. The van der Waals surface area contributed by atoms with Crippen molar-refractivity contribution >= 4 is 23.2 Å². The maximum Gasteiger partial charge on any atom is 0.291 e. The SMILES string of the molecule is C/C(=N/NC(=O)c1ccc(C(C)(C)C)cc1)c1ccc(NC(=O)c2ccc(C)o2)cc1. The topological polar surface area (TPSA) is 83.7 Å². The summed E-state index contributed by atoms with van der Waals surface area (Å²) in [6, 6.07) is 18.1. The lowest BCUT2D eigenvalue weighted by atomic mass is 9.87. The van der Waals surface area contributed by atoms with E-state index in [-0.39, 0.29) is 23.0 Å². The van der Waals surface area contributed by atoms with Crippen molar-refractivity contribution in [2.24, 2.45) is 5.10 Å². The maximum atomic E-state index is 12.4. The highest BCUT2D eigenvalue weighted by Crippen LogP contribution is 2.22. The average Bonchev–Trinajstić information content (AvgIpc) is 3.18. The van der Waals surface area contributed by atoms with E-state index in [2.05, 4.69) is 36.6 Å². The zero-order valence-electron chi connectivity index (χ0n) is 18.4. The Hall–Kier alpha value is -3.67. The van der Waals surface area contributed by atoms with Gasteiger partial charge < -0.3 is 9.73 Å². The molecule has 1 aromatic heterocycles. The number of hydrogen-bond acceptors (Lipinski definition) is 4. The second-order valence-corrected chi connectivity index (χ2v) is 8.41. The van der Waals surface area contributed by atoms with Crippen LogP contribution in [0.25, 0.3) is 0 Å². The average molecular weight is 418 g/mol. The standard InChI is InChI=1S/C25H27N3O3/c1-16-6-15-22(31-16)24(30)26-21-13-9-18(10-14-21)17(2)27-28-23(29)19-7-11-20(12-8-19)25(3,4)5/h6-15H,1-5H3,(H,26,30)(H,28,29)/b27-17-. The fraction of sp³-hybridized carbons (Fsp3) is 0.240. The first-order chi connectivity index (χ1) is 14.6. The summed E-state index contributed by atoms with van der Waals surface area (Å²) >= 11 is 0. The molecule has 0 radical (unpaired) electrons. The van der Waals surface area contributed by atoms with E-state index in [4.69, 9.17) is 4.42 Å². The lowest BCUT2D eigenvalue weighted by Gasteiger charge is -2.18. The van der Waals surface area contributed by atoms with Gasteiger partial charge in [-0.25, -0.2) is 5.43 Å². The number of benzene rings is 2. The molecule has 0 fully saturated rings. The summed E-state index contributed by atoms with van der Waals surface area (Å²) in [4.78, 5) is 24.5. The van der Waals surface area contributed by atoms with Crippen molar-refractivity contribution in [2.75, 3.05) is 5.32 Å². The molecule has 31 heavy (non-hydrogen) atoms. The third kappa shape index (κ3) is 5.69. The molecule has 0 aliphatic heterocycles. The smallest absolute Gasteiger partial charge is 0.291 e. The van der Waals surface area contributed by atoms with E-state index >= 15 is 0 Å². The predicted octanol–water partition coefficient (Wildman–Crippen LogP) is 5.29. The molecular formula is C25H27N3O3. The summed E-state index contributed by atoms with van der Waals surface area (Å²) < 4.78 is 5.32. The highest BCUT2D eigenvalue weighted by atomic mass is 16.3. The van der Waals surface area contributed by atoms with Crippen LogP contribution in [0.5, 0.6) is 0 Å². The second-order valence-electron chi connectivity index (χ2n) is 8.41. The molecule has 2 amide bonds. The van der Waals surface area contributed by atoms with Gasteiger partial charge >= 0.3 is 0 Å². The van der Waals surface area contributed by atoms with Crippen molar-refractivity contribution in [3.8, 4) is 0 Å². The van der Waals surface area contributed by atoms with Crippen molar-refractivity contribution < 1.29 is 14.0 Å². The van der Waals surface area contributed by atoms with E-state index in [0.29, 0.717) is 22.7 Å². The lowest BCUT2D eigenvalue weighted by molar-refractivity contribution is 0.0953. The van der Waals surface area contributed by atoms with E-state index in [1.165, 1.54) is 0 Å². The lowest BCUT2D eigenvalue weighted by Crippen LogP contribution is -2.20. The van der Waals surface area contributed by atoms with Gasteiger partial charge in [-0.3, -0.25) is 9.59 Å². The Kier molecular flexibility index (Phi) is 6.39. The monoisotopic (exact) mass is 417 g/mol. The Balaban J connectivity index is 1.61. The Morgan fingerprint density at radius 2 is 1.45 bits per heavy atom. The molecule has 0 bridgehead atoms. The number of nitrogens with one attached hydrogen (secondary N) is 2. The summed E-state index contributed by atoms with van der Waals surface area (Å²) in [6.45, 7) is 9.98. The molecule has 3 rings (SSSR count). The van der Waals surface area contributed by atoms with E-state index in [0.717, 1.165) is 11.1 Å². The Morgan fingerprint density at radius 3 is 2.00 bits per heavy atom. The Morgan fingerprint density at radius 1 is 0.839 bits per heavy atom. The van der Waals surface area contributed by atoms with Crippen LogP contribution in [-0.4, -0.2) is 17.5 Å². The first-order valence-corrected chi connectivity index (χ1v) is 10.1. The van der Waals surface area contributed by atoms with Crippen molar-refractivity contribution in [1.82, 2.24) is 5.43 Å². The quantitative estimate of drug-likeness (QED) is 0.437. The number of carbonyl (C=O) groups is 2. The van der Waals surface area contributed by atoms with Crippen LogP contribution in [0.1, 0.15) is 65.5 Å². The largest absolute Gasteiger partial charge is 0.456 e. The summed E-state index contributed by atoms with van der Waals surface area (Å²) in [7, 11) is 0. The van der Waals surface area contributed by atoms with Gasteiger partial charge in [0.1, 0.15) is 5.76 Å². The molecule has 2 N–H and O–H groups in total. The highest BCUT2D eigenvalue weighted by molar-refractivity contribution is 6.03. The van der Waals surface area contributed by atoms with Gasteiger partial charge in [-0.1, -0.05) is 45.0 Å². The number of hydrazone groups is 1. The van der Waals surface area contributed by atoms with Crippen molar-refractivity contribution in [1.29, 1.82) is 0 Å². The molecule has 0 spiro atoms. The van der Waals surface area contributed by atoms with Crippen LogP contribution in [0.2, 0.25) is 0 Å². The molecule has 0 saturated carbocycles. The van der Waals surface area contributed by atoms with Crippen molar-refractivity contribution in [3.05, 3.63) is 88.9 Å². The van der Waals surface area contributed by atoms with E-state index in [1.807, 2.05) is 31.2 Å². The molecule has 0 saturated heterocycles. The van der Waals surface area contributed by atoms with Gasteiger partial charge in [0.25, 0.3) is 11.8 Å². The molecule has 0 atom stereocenters. The third-order valence-electron chi connectivity index (χ3n) is 4.86. The Labute approximate surface area is 182 Å². The zero-order valence-corrected chi connectivity index (χ0v) is 18.4. The molecule has 0 aliphatic carbocycles. The van der Waals surface area contributed by atoms with Crippen LogP contribution < -0.4 is 10.7 Å². The van der Waals surface area contributed by atoms with Gasteiger partial charge in [-0.15, -0.1) is 0 Å². The molecule has 160 valence electrons. The van der Waals surface area contributed by atoms with Crippen molar-refractivity contribution in [3.63, 3.8) is 0 Å². The van der Waals surface area contributed by atoms with Gasteiger partial charge in [-0.2, -0.15) is 5.10 Å². The van der Waals surface area contributed by atoms with Gasteiger partial charge in [0.2, 0.25) is 0 Å². The normalized spacial score (nSPS) is 11.8. The molecule has 6 nitrogen and oxygen atoms in total. The van der Waals surface area contributed by atoms with Gasteiger partial charge in [0.05, 0.1) is 5.71 Å². The molecular weight excluding hydrogens is 390 g/mol. The molecule has 1 heterocycles. The number of amides is 2. The molecule has 3 aromatic rings. The van der Waals surface area contributed by atoms with E-state index < -0.39 is 0 Å². The van der Waals surface area contributed by atoms with Crippen molar-refractivity contribution in [2.45, 2.75) is 40.0 Å². The first-order valence-electron chi connectivity index (χ1n) is 10.1. The predicted molar refractivity (Wildman–Crippen MR) is 123 cm³/mol. The molecule has 6 heteroatoms. The summed E-state index contributed by atoms with van der Waals surface area (Å²) in [5.41, 5.74) is 6.46. The van der Waals surface area contributed by atoms with Crippen LogP contribution in [0, 0.1) is 6.92 Å². The van der Waals surface area contributed by atoms with Gasteiger partial charge in [0, 0.05) is 11.3 Å². The highest BCUT2D eigenvalue weighted by Gasteiger charge is 2.14. The molecule has 0 aliphatic rings. The summed E-state index contributed by atoms with van der Waals surface area (Å²) in [5, 5.41) is 6.98. The second kappa shape index (κ2) is 9.00. The summed E-state index contributed by atoms with van der Waals surface area (Å²) in [6.07, 6.45) is 0. The number of furan rings is 1. The van der Waals surface area contributed by atoms with Gasteiger partial charge in [-0.05, 0) is 66.8 Å².